The van der Waals surface area contributed by atoms with Crippen LogP contribution in [-0.4, -0.2) is 18.2 Å². The lowest BCUT2D eigenvalue weighted by Gasteiger charge is -2.08. The van der Waals surface area contributed by atoms with Crippen LogP contribution in [0.5, 0.6) is 5.75 Å². The molecule has 0 aliphatic heterocycles. The van der Waals surface area contributed by atoms with Crippen molar-refractivity contribution in [2.45, 2.75) is 6.54 Å². The summed E-state index contributed by atoms with van der Waals surface area (Å²) in [5, 5.41) is 12.1. The molecule has 0 saturated carbocycles. The van der Waals surface area contributed by atoms with Crippen LogP contribution in [0.1, 0.15) is 14.5 Å². The van der Waals surface area contributed by atoms with Gasteiger partial charge in [-0.05, 0) is 46.3 Å². The Morgan fingerprint density at radius 3 is 2.79 bits per heavy atom. The summed E-state index contributed by atoms with van der Waals surface area (Å²) in [6, 6.07) is 9.14. The topological polar surface area (TPSA) is 58.6 Å². The Labute approximate surface area is 123 Å². The van der Waals surface area contributed by atoms with Crippen LogP contribution in [0.25, 0.3) is 0 Å². The second kappa shape index (κ2) is 6.08. The van der Waals surface area contributed by atoms with Crippen molar-refractivity contribution in [1.82, 2.24) is 0 Å². The van der Waals surface area contributed by atoms with Gasteiger partial charge in [-0.3, -0.25) is 0 Å². The second-order valence-electron chi connectivity index (χ2n) is 3.77. The number of methoxy groups -OCH3 is 1. The lowest BCUT2D eigenvalue weighted by Crippen LogP contribution is -1.97. The lowest BCUT2D eigenvalue weighted by atomic mass is 10.3. The number of thiophene rings is 1. The van der Waals surface area contributed by atoms with Crippen molar-refractivity contribution in [1.29, 1.82) is 0 Å². The fourth-order valence-electron chi connectivity index (χ4n) is 1.55. The van der Waals surface area contributed by atoms with Crippen LogP contribution in [0.3, 0.4) is 0 Å². The van der Waals surface area contributed by atoms with E-state index in [0.29, 0.717) is 11.4 Å². The molecule has 0 amide bonds. The minimum Gasteiger partial charge on any atom is -0.496 e. The van der Waals surface area contributed by atoms with Crippen molar-refractivity contribution < 1.29 is 14.6 Å². The van der Waals surface area contributed by atoms with Gasteiger partial charge in [0.1, 0.15) is 10.6 Å². The van der Waals surface area contributed by atoms with Gasteiger partial charge in [-0.2, -0.15) is 0 Å². The van der Waals surface area contributed by atoms with E-state index in [1.165, 1.54) is 11.3 Å². The Hall–Kier alpha value is -1.53. The fraction of sp³-hybridized carbons (Fsp3) is 0.154. The normalized spacial score (nSPS) is 10.2. The first-order valence-corrected chi connectivity index (χ1v) is 7.10. The van der Waals surface area contributed by atoms with Gasteiger partial charge in [0, 0.05) is 17.1 Å². The van der Waals surface area contributed by atoms with Crippen molar-refractivity contribution in [3.05, 3.63) is 44.6 Å². The van der Waals surface area contributed by atoms with Gasteiger partial charge in [0.15, 0.2) is 0 Å². The summed E-state index contributed by atoms with van der Waals surface area (Å²) in [5.74, 6) is -0.113. The zero-order chi connectivity index (χ0) is 13.8. The Morgan fingerprint density at radius 2 is 2.21 bits per heavy atom. The standard InChI is InChI=1S/C13H12BrNO3S/c1-18-11-4-2-8(6-10(11)14)15-7-9-3-5-12(19-9)13(16)17/h2-6,15H,7H2,1H3,(H,16,17). The first-order valence-electron chi connectivity index (χ1n) is 5.49. The molecule has 2 aromatic rings. The number of hydrogen-bond donors (Lipinski definition) is 2. The summed E-state index contributed by atoms with van der Waals surface area (Å²) >= 11 is 4.69. The van der Waals surface area contributed by atoms with Crippen LogP contribution < -0.4 is 10.1 Å². The molecule has 1 heterocycles. The van der Waals surface area contributed by atoms with Gasteiger partial charge in [-0.15, -0.1) is 11.3 Å². The van der Waals surface area contributed by atoms with E-state index in [1.54, 1.807) is 13.2 Å². The van der Waals surface area contributed by atoms with Crippen LogP contribution in [0, 0.1) is 0 Å². The minimum atomic E-state index is -0.886. The van der Waals surface area contributed by atoms with E-state index in [4.69, 9.17) is 9.84 Å². The number of carbonyl (C=O) groups is 1. The number of ether oxygens (including phenoxy) is 1. The monoisotopic (exact) mass is 341 g/mol. The van der Waals surface area contributed by atoms with E-state index in [-0.39, 0.29) is 0 Å². The summed E-state index contributed by atoms with van der Waals surface area (Å²) in [6.45, 7) is 0.594. The zero-order valence-corrected chi connectivity index (χ0v) is 12.5. The molecule has 4 nitrogen and oxygen atoms in total. The van der Waals surface area contributed by atoms with Gasteiger partial charge in [0.25, 0.3) is 0 Å². The highest BCUT2D eigenvalue weighted by Crippen LogP contribution is 2.28. The molecule has 0 fully saturated rings. The Kier molecular flexibility index (Phi) is 4.44. The largest absolute Gasteiger partial charge is 0.496 e. The minimum absolute atomic E-state index is 0.354. The Balaban J connectivity index is 2.01. The van der Waals surface area contributed by atoms with E-state index in [9.17, 15) is 4.79 Å². The predicted molar refractivity (Wildman–Crippen MR) is 79.3 cm³/mol. The van der Waals surface area contributed by atoms with Gasteiger partial charge in [-0.1, -0.05) is 0 Å². The average molecular weight is 342 g/mol. The summed E-state index contributed by atoms with van der Waals surface area (Å²) in [7, 11) is 1.62. The molecule has 0 saturated heterocycles. The Bertz CT molecular complexity index is 597. The maximum Gasteiger partial charge on any atom is 0.345 e. The van der Waals surface area contributed by atoms with Gasteiger partial charge in [0.2, 0.25) is 0 Å². The highest BCUT2D eigenvalue weighted by Gasteiger charge is 2.07. The fourth-order valence-corrected chi connectivity index (χ4v) is 2.88. The molecule has 19 heavy (non-hydrogen) atoms. The number of hydrogen-bond acceptors (Lipinski definition) is 4. The zero-order valence-electron chi connectivity index (χ0n) is 10.1. The molecule has 100 valence electrons. The van der Waals surface area contributed by atoms with Crippen molar-refractivity contribution in [2.75, 3.05) is 12.4 Å². The van der Waals surface area contributed by atoms with E-state index < -0.39 is 5.97 Å². The molecule has 0 radical (unpaired) electrons. The highest BCUT2D eigenvalue weighted by molar-refractivity contribution is 9.10. The molecule has 0 bridgehead atoms. The van der Waals surface area contributed by atoms with Gasteiger partial charge in [0.05, 0.1) is 11.6 Å². The van der Waals surface area contributed by atoms with E-state index in [2.05, 4.69) is 21.2 Å². The maximum absolute atomic E-state index is 10.8. The number of carboxylic acids is 1. The molecule has 1 aromatic heterocycles. The van der Waals surface area contributed by atoms with Crippen LogP contribution in [0.2, 0.25) is 0 Å². The van der Waals surface area contributed by atoms with E-state index in [0.717, 1.165) is 20.8 Å². The maximum atomic E-state index is 10.8. The SMILES string of the molecule is COc1ccc(NCc2ccc(C(=O)O)s2)cc1Br. The molecule has 6 heteroatoms. The first-order chi connectivity index (χ1) is 9.10. The molecule has 0 atom stereocenters. The number of anilines is 1. The van der Waals surface area contributed by atoms with Crippen molar-refractivity contribution >= 4 is 38.9 Å². The summed E-state index contributed by atoms with van der Waals surface area (Å²) < 4.78 is 6.03. The van der Waals surface area contributed by atoms with Gasteiger partial charge < -0.3 is 15.2 Å². The first kappa shape index (κ1) is 13.9. The molecular formula is C13H12BrNO3S. The van der Waals surface area contributed by atoms with Crippen LogP contribution >= 0.6 is 27.3 Å². The Morgan fingerprint density at radius 1 is 1.42 bits per heavy atom. The number of halogens is 1. The highest BCUT2D eigenvalue weighted by atomic mass is 79.9. The molecular weight excluding hydrogens is 330 g/mol. The smallest absolute Gasteiger partial charge is 0.345 e. The van der Waals surface area contributed by atoms with E-state index >= 15 is 0 Å². The third kappa shape index (κ3) is 3.48. The van der Waals surface area contributed by atoms with E-state index in [1.807, 2.05) is 24.3 Å². The summed E-state index contributed by atoms with van der Waals surface area (Å²) in [5.41, 5.74) is 0.943. The van der Waals surface area contributed by atoms with Crippen LogP contribution in [0.4, 0.5) is 5.69 Å². The number of carboxylic acid groups (broad SMARTS) is 1. The van der Waals surface area contributed by atoms with Crippen molar-refractivity contribution in [3.63, 3.8) is 0 Å². The molecule has 1 aromatic carbocycles. The number of benzene rings is 1. The molecule has 0 spiro atoms. The lowest BCUT2D eigenvalue weighted by molar-refractivity contribution is 0.0702. The molecule has 0 unspecified atom stereocenters. The number of aromatic carboxylic acids is 1. The molecule has 0 aliphatic carbocycles. The van der Waals surface area contributed by atoms with Gasteiger partial charge in [-0.25, -0.2) is 4.79 Å². The quantitative estimate of drug-likeness (QED) is 0.867. The van der Waals surface area contributed by atoms with Gasteiger partial charge >= 0.3 is 5.97 Å². The molecule has 2 N–H and O–H groups in total. The number of rotatable bonds is 5. The van der Waals surface area contributed by atoms with Crippen molar-refractivity contribution in [3.8, 4) is 5.75 Å². The van der Waals surface area contributed by atoms with Crippen LogP contribution in [-0.2, 0) is 6.54 Å². The summed E-state index contributed by atoms with van der Waals surface area (Å²) in [4.78, 5) is 12.1. The molecule has 2 rings (SSSR count). The second-order valence-corrected chi connectivity index (χ2v) is 5.80. The van der Waals surface area contributed by atoms with Crippen molar-refractivity contribution in [2.24, 2.45) is 0 Å². The third-order valence-electron chi connectivity index (χ3n) is 2.49. The molecule has 0 aliphatic rings. The summed E-state index contributed by atoms with van der Waals surface area (Å²) in [6.07, 6.45) is 0. The van der Waals surface area contributed by atoms with Crippen LogP contribution in [0.15, 0.2) is 34.8 Å². The number of nitrogens with one attached hydrogen (secondary N) is 1. The average Bonchev–Trinajstić information content (AvgIpc) is 2.85. The third-order valence-corrected chi connectivity index (χ3v) is 4.18. The predicted octanol–water partition coefficient (Wildman–Crippen LogP) is 3.83.